The Kier molecular flexibility index (Phi) is 35.6. The van der Waals surface area contributed by atoms with Crippen molar-refractivity contribution in [1.29, 1.82) is 0 Å². The molecule has 3 aliphatic rings. The Balaban J connectivity index is 0.000000370. The molecule has 0 bridgehead atoms. The van der Waals surface area contributed by atoms with E-state index in [0.717, 1.165) is 66.2 Å². The maximum absolute atomic E-state index is 11.8. The highest BCUT2D eigenvalue weighted by Crippen LogP contribution is 2.32. The molecular formula is C75H102N8O7. The molecular weight excluding hydrogens is 1120 g/mol. The van der Waals surface area contributed by atoms with Crippen LogP contribution in [0.15, 0.2) is 160 Å². The van der Waals surface area contributed by atoms with E-state index in [9.17, 15) is 28.8 Å². The zero-order chi connectivity index (χ0) is 67.5. The lowest BCUT2D eigenvalue weighted by atomic mass is 9.80. The van der Waals surface area contributed by atoms with Crippen LogP contribution < -0.4 is 20.9 Å². The van der Waals surface area contributed by atoms with Crippen molar-refractivity contribution in [2.24, 2.45) is 41.4 Å². The molecule has 3 N–H and O–H groups in total. The van der Waals surface area contributed by atoms with Crippen LogP contribution in [0.25, 0.3) is 17.0 Å². The number of hydrogen-bond acceptors (Lipinski definition) is 11. The summed E-state index contributed by atoms with van der Waals surface area (Å²) in [6.45, 7) is 53.7. The summed E-state index contributed by atoms with van der Waals surface area (Å²) in [7, 11) is 0. The molecule has 2 aromatic heterocycles. The van der Waals surface area contributed by atoms with Gasteiger partial charge in [0.15, 0.2) is 17.8 Å². The van der Waals surface area contributed by atoms with Crippen molar-refractivity contribution in [3.05, 3.63) is 205 Å². The fraction of sp³-hybridized carbons (Fsp3) is 0.427. The molecule has 1 aliphatic carbocycles. The Morgan fingerprint density at radius 2 is 1.41 bits per heavy atom. The second kappa shape index (κ2) is 41.4. The number of aromatic nitrogens is 2. The second-order valence-electron chi connectivity index (χ2n) is 24.3. The van der Waals surface area contributed by atoms with E-state index in [-0.39, 0.29) is 59.1 Å². The molecule has 1 saturated carbocycles. The van der Waals surface area contributed by atoms with Gasteiger partial charge in [-0.05, 0) is 159 Å². The van der Waals surface area contributed by atoms with Gasteiger partial charge in [0.05, 0.1) is 24.6 Å². The molecule has 4 heterocycles. The smallest absolute Gasteiger partial charge is 0.333 e. The van der Waals surface area contributed by atoms with Crippen LogP contribution in [-0.2, 0) is 19.1 Å². The number of hydrogen-bond donors (Lipinski definition) is 3. The number of piperidine rings is 1. The molecule has 4 aromatic rings. The Morgan fingerprint density at radius 1 is 0.744 bits per heavy atom. The molecule has 15 heteroatoms. The number of ketones is 2. The largest absolute Gasteiger partial charge is 0.459 e. The van der Waals surface area contributed by atoms with Crippen molar-refractivity contribution in [3.8, 4) is 0 Å². The summed E-state index contributed by atoms with van der Waals surface area (Å²) >= 11 is 0. The van der Waals surface area contributed by atoms with Gasteiger partial charge in [0.1, 0.15) is 11.8 Å². The van der Waals surface area contributed by atoms with E-state index in [1.54, 1.807) is 67.9 Å². The molecule has 3 unspecified atom stereocenters. The topological polar surface area (TPSA) is 184 Å². The third kappa shape index (κ3) is 28.6. The van der Waals surface area contributed by atoms with Crippen LogP contribution in [0.5, 0.6) is 0 Å². The number of benzene rings is 2. The standard InChI is InChI=1S/C15H19N3O.C14H16N2O.C13H22O2.2C11H13NO.C11H19NO/c1-4-12-9-18(10-16-12)14-7-5-6-13(8-14)17-15(19)11(2)3;1-11(2)12-6-4-7-13(10-12)14(17)16-9-5-8-15-3;1-9(2)11-6-5-7-12(8-11)15-13(14)10(3)4;1-4-10-7-9(5-6-12-10)11(13)8(2)3;1-4-9-5-6-12-10(7-9)11(13)8(2)3;1-4-11(13)12-7-5-6-10(8-12)9(2)3/h4-9,11,16H,1,10H2,2-3H3,(H,17,19);4-8,10-11H,9H2,1-2H3,(H,16,17);9,11-12H,3,5-8H2,1-2,4H3;2*4-8H,1H2,2-3H3;4,9-10H,1,5-8H2,2-3H3/b;8-5+;;;;. The lowest BCUT2D eigenvalue weighted by Gasteiger charge is -2.34. The predicted molar refractivity (Wildman–Crippen MR) is 370 cm³/mol. The number of nitrogens with zero attached hydrogens (tertiary/aromatic N) is 5. The molecule has 484 valence electrons. The molecule has 7 rings (SSSR count). The van der Waals surface area contributed by atoms with Crippen LogP contribution in [0.2, 0.25) is 0 Å². The maximum Gasteiger partial charge on any atom is 0.333 e. The van der Waals surface area contributed by atoms with Gasteiger partial charge in [0.2, 0.25) is 11.8 Å². The summed E-state index contributed by atoms with van der Waals surface area (Å²) in [5.41, 5.74) is 8.06. The quantitative estimate of drug-likeness (QED) is 0.0351. The third-order valence-electron chi connectivity index (χ3n) is 15.0. The normalized spacial score (nSPS) is 15.6. The van der Waals surface area contributed by atoms with Crippen molar-refractivity contribution in [2.45, 2.75) is 141 Å². The summed E-state index contributed by atoms with van der Waals surface area (Å²) in [5.74, 6) is 3.16. The van der Waals surface area contributed by atoms with E-state index in [4.69, 9.17) is 11.3 Å². The van der Waals surface area contributed by atoms with Crippen LogP contribution in [0, 0.1) is 48.0 Å². The summed E-state index contributed by atoms with van der Waals surface area (Å²) in [5, 5.41) is 8.85. The first-order valence-electron chi connectivity index (χ1n) is 31.4. The van der Waals surface area contributed by atoms with E-state index < -0.39 is 0 Å². The molecule has 90 heavy (non-hydrogen) atoms. The number of esters is 1. The lowest BCUT2D eigenvalue weighted by molar-refractivity contribution is -0.146. The molecule has 3 amide bonds. The molecule has 0 spiro atoms. The number of carbonyl (C=O) groups is 6. The van der Waals surface area contributed by atoms with Crippen molar-refractivity contribution in [3.63, 3.8) is 0 Å². The van der Waals surface area contributed by atoms with E-state index in [1.165, 1.54) is 31.5 Å². The first-order valence-corrected chi connectivity index (χ1v) is 31.4. The molecule has 2 aromatic carbocycles. The van der Waals surface area contributed by atoms with Gasteiger partial charge < -0.3 is 30.5 Å². The number of carbonyl (C=O) groups excluding carboxylic acids is 6. The number of rotatable bonds is 19. The van der Waals surface area contributed by atoms with Gasteiger partial charge in [-0.2, -0.15) is 0 Å². The number of likely N-dealkylation sites (tertiary alicyclic amines) is 1. The Hall–Kier alpha value is -8.77. The van der Waals surface area contributed by atoms with Crippen molar-refractivity contribution in [1.82, 2.24) is 25.5 Å². The van der Waals surface area contributed by atoms with Gasteiger partial charge >= 0.3 is 5.97 Å². The lowest BCUT2D eigenvalue weighted by Crippen LogP contribution is -2.40. The van der Waals surface area contributed by atoms with Crippen LogP contribution in [0.4, 0.5) is 11.4 Å². The molecule has 1 saturated heterocycles. The average molecular weight is 1230 g/mol. The van der Waals surface area contributed by atoms with Gasteiger partial charge in [0.25, 0.3) is 5.91 Å². The number of Topliss-reactive ketones (excluding diaryl/α,β-unsaturated/α-hetero) is 2. The number of amides is 3. The van der Waals surface area contributed by atoms with Crippen molar-refractivity contribution < 1.29 is 33.5 Å². The summed E-state index contributed by atoms with van der Waals surface area (Å²) in [6, 6.07) is 22.5. The fourth-order valence-corrected chi connectivity index (χ4v) is 9.25. The van der Waals surface area contributed by atoms with Gasteiger partial charge in [-0.15, -0.1) is 0 Å². The Morgan fingerprint density at radius 3 is 1.99 bits per heavy atom. The van der Waals surface area contributed by atoms with Crippen LogP contribution in [0.3, 0.4) is 0 Å². The van der Waals surface area contributed by atoms with Crippen molar-refractivity contribution in [2.75, 3.05) is 36.5 Å². The van der Waals surface area contributed by atoms with Gasteiger partial charge in [-0.3, -0.25) is 33.9 Å². The number of allylic oxidation sites excluding steroid dienone is 1. The monoisotopic (exact) mass is 1230 g/mol. The van der Waals surface area contributed by atoms with E-state index >= 15 is 0 Å². The Labute approximate surface area is 538 Å². The fourth-order valence-electron chi connectivity index (χ4n) is 9.25. The minimum Gasteiger partial charge on any atom is -0.459 e. The molecule has 15 nitrogen and oxygen atoms in total. The highest BCUT2D eigenvalue weighted by atomic mass is 16.5. The molecule has 0 radical (unpaired) electrons. The number of nitrogens with one attached hydrogen (secondary N) is 3. The second-order valence-corrected chi connectivity index (χ2v) is 24.3. The van der Waals surface area contributed by atoms with Crippen molar-refractivity contribution >= 4 is 58.8 Å². The minimum absolute atomic E-state index is 0.00688. The summed E-state index contributed by atoms with van der Waals surface area (Å²) in [6.07, 6.45) is 21.8. The van der Waals surface area contributed by atoms with Crippen LogP contribution >= 0.6 is 0 Å². The highest BCUT2D eigenvalue weighted by Gasteiger charge is 2.27. The maximum atomic E-state index is 11.8. The Bertz CT molecular complexity index is 3060. The SMILES string of the molecule is C=C(C)C(=O)OC1CCCC(C(C)C)C1.C=CC(=O)N1CCCC(C(C)C)C1.C=CC1=CN(c2cccc(NC(=O)C(C)C)c2)CN1.C=Cc1cc(C(=O)C(C)C)ccn1.C=Cc1ccnc(C(=O)C(C)C)c1.[C-]#[N+]/C=C/CNC(=O)c1cccc(C(C)C)c1. The number of anilines is 2. The first-order chi connectivity index (χ1) is 42.7. The average Bonchev–Trinajstić information content (AvgIpc) is 2.27. The van der Waals surface area contributed by atoms with E-state index in [0.29, 0.717) is 65.2 Å². The third-order valence-corrected chi connectivity index (χ3v) is 15.0. The molecule has 2 aliphatic heterocycles. The molecule has 2 fully saturated rings. The summed E-state index contributed by atoms with van der Waals surface area (Å²) in [4.78, 5) is 84.3. The summed E-state index contributed by atoms with van der Waals surface area (Å²) < 4.78 is 5.39. The molecule has 3 atom stereocenters. The van der Waals surface area contributed by atoms with Gasteiger partial charge in [-0.25, -0.2) is 9.64 Å². The van der Waals surface area contributed by atoms with Gasteiger partial charge in [-0.1, -0.05) is 146 Å². The zero-order valence-corrected chi connectivity index (χ0v) is 56.0. The zero-order valence-electron chi connectivity index (χ0n) is 56.0. The first kappa shape index (κ1) is 77.3. The van der Waals surface area contributed by atoms with E-state index in [1.807, 2.05) is 101 Å². The van der Waals surface area contributed by atoms with Gasteiger partial charge in [0, 0.05) is 84.1 Å². The number of ether oxygens (including phenoxy) is 1. The van der Waals surface area contributed by atoms with Crippen LogP contribution in [-0.4, -0.2) is 82.5 Å². The number of pyridine rings is 2. The predicted octanol–water partition coefficient (Wildman–Crippen LogP) is 16.2. The minimum atomic E-state index is -0.232. The van der Waals surface area contributed by atoms with E-state index in [2.05, 4.69) is 110 Å². The highest BCUT2D eigenvalue weighted by molar-refractivity contribution is 5.98. The van der Waals surface area contributed by atoms with Crippen LogP contribution in [0.1, 0.15) is 182 Å².